The molecule has 0 aliphatic heterocycles. The molecule has 2 rings (SSSR count). The number of halogens is 1. The zero-order chi connectivity index (χ0) is 14.7. The third kappa shape index (κ3) is 3.22. The van der Waals surface area contributed by atoms with E-state index in [4.69, 9.17) is 17.4 Å². The van der Waals surface area contributed by atoms with E-state index in [0.717, 1.165) is 12.8 Å². The van der Waals surface area contributed by atoms with Crippen molar-refractivity contribution in [2.24, 2.45) is 17.7 Å². The number of hydrogen-bond donors (Lipinski definition) is 3. The van der Waals surface area contributed by atoms with E-state index in [-0.39, 0.29) is 17.1 Å². The summed E-state index contributed by atoms with van der Waals surface area (Å²) in [4.78, 5) is 16.3. The number of pyridine rings is 1. The lowest BCUT2D eigenvalue weighted by Crippen LogP contribution is -2.37. The lowest BCUT2D eigenvalue weighted by atomic mass is 9.93. The zero-order valence-corrected chi connectivity index (χ0v) is 12.6. The molecule has 1 heterocycles. The van der Waals surface area contributed by atoms with Crippen LogP contribution in [0.1, 0.15) is 43.5 Å². The summed E-state index contributed by atoms with van der Waals surface area (Å²) in [5, 5.41) is 3.34. The minimum absolute atomic E-state index is 0.126. The van der Waals surface area contributed by atoms with Gasteiger partial charge in [-0.3, -0.25) is 4.79 Å². The summed E-state index contributed by atoms with van der Waals surface area (Å²) in [5.74, 6) is 6.77. The molecule has 1 aliphatic rings. The maximum Gasteiger partial charge on any atom is 0.251 e. The Morgan fingerprint density at radius 3 is 2.85 bits per heavy atom. The predicted octanol–water partition coefficient (Wildman–Crippen LogP) is 2.58. The fraction of sp³-hybridized carbons (Fsp3) is 0.571. The van der Waals surface area contributed by atoms with Crippen LogP contribution in [0.15, 0.2) is 12.1 Å². The number of aromatic nitrogens is 1. The van der Waals surface area contributed by atoms with Gasteiger partial charge in [-0.2, -0.15) is 0 Å². The Labute approximate surface area is 124 Å². The molecule has 20 heavy (non-hydrogen) atoms. The minimum atomic E-state index is -0.126. The van der Waals surface area contributed by atoms with E-state index in [0.29, 0.717) is 23.2 Å². The average Bonchev–Trinajstić information content (AvgIpc) is 2.78. The van der Waals surface area contributed by atoms with Gasteiger partial charge in [0, 0.05) is 11.6 Å². The van der Waals surface area contributed by atoms with E-state index >= 15 is 0 Å². The van der Waals surface area contributed by atoms with Crippen LogP contribution in [0.2, 0.25) is 5.15 Å². The Kier molecular flexibility index (Phi) is 4.83. The van der Waals surface area contributed by atoms with Gasteiger partial charge in [-0.15, -0.1) is 0 Å². The molecule has 0 radical (unpaired) electrons. The van der Waals surface area contributed by atoms with E-state index in [9.17, 15) is 4.79 Å². The van der Waals surface area contributed by atoms with Crippen molar-refractivity contribution < 1.29 is 4.79 Å². The number of nitrogen functional groups attached to an aromatic ring is 1. The fourth-order valence-corrected chi connectivity index (χ4v) is 3.19. The van der Waals surface area contributed by atoms with Crippen LogP contribution < -0.4 is 16.6 Å². The number of nitrogens with zero attached hydrogens (tertiary/aromatic N) is 1. The number of anilines is 1. The number of nitrogens with one attached hydrogen (secondary N) is 2. The van der Waals surface area contributed by atoms with Crippen molar-refractivity contribution in [2.75, 3.05) is 5.43 Å². The number of carbonyl (C=O) groups is 1. The first-order valence-electron chi connectivity index (χ1n) is 7.00. The highest BCUT2D eigenvalue weighted by Gasteiger charge is 2.32. The van der Waals surface area contributed by atoms with Gasteiger partial charge in [0.1, 0.15) is 11.0 Å². The van der Waals surface area contributed by atoms with Crippen molar-refractivity contribution in [2.45, 2.75) is 39.2 Å². The molecule has 1 fully saturated rings. The number of nitrogens with two attached hydrogens (primary N) is 1. The first kappa shape index (κ1) is 15.1. The zero-order valence-electron chi connectivity index (χ0n) is 11.8. The van der Waals surface area contributed by atoms with Gasteiger partial charge in [0.25, 0.3) is 5.91 Å². The molecule has 4 N–H and O–H groups in total. The third-order valence-electron chi connectivity index (χ3n) is 4.27. The Hall–Kier alpha value is -1.33. The smallest absolute Gasteiger partial charge is 0.251 e. The highest BCUT2D eigenvalue weighted by molar-refractivity contribution is 6.29. The summed E-state index contributed by atoms with van der Waals surface area (Å²) < 4.78 is 0. The molecule has 1 saturated carbocycles. The van der Waals surface area contributed by atoms with Gasteiger partial charge in [-0.25, -0.2) is 10.8 Å². The van der Waals surface area contributed by atoms with Gasteiger partial charge >= 0.3 is 0 Å². The molecule has 0 bridgehead atoms. The maximum atomic E-state index is 12.3. The topological polar surface area (TPSA) is 80.0 Å². The lowest BCUT2D eigenvalue weighted by Gasteiger charge is -2.21. The summed E-state index contributed by atoms with van der Waals surface area (Å²) in [6, 6.07) is 3.38. The second kappa shape index (κ2) is 6.41. The number of rotatable bonds is 4. The van der Waals surface area contributed by atoms with Gasteiger partial charge in [0.2, 0.25) is 0 Å². The monoisotopic (exact) mass is 296 g/mol. The van der Waals surface area contributed by atoms with Gasteiger partial charge in [-0.1, -0.05) is 31.9 Å². The molecule has 0 spiro atoms. The summed E-state index contributed by atoms with van der Waals surface area (Å²) in [6.45, 7) is 4.41. The molecule has 3 unspecified atom stereocenters. The van der Waals surface area contributed by atoms with Gasteiger partial charge in [0.05, 0.1) is 0 Å². The second-order valence-electron chi connectivity index (χ2n) is 5.39. The quantitative estimate of drug-likeness (QED) is 0.453. The van der Waals surface area contributed by atoms with Crippen LogP contribution in [0.25, 0.3) is 0 Å². The summed E-state index contributed by atoms with van der Waals surface area (Å²) in [6.07, 6.45) is 3.37. The summed E-state index contributed by atoms with van der Waals surface area (Å²) >= 11 is 5.88. The normalized spacial score (nSPS) is 25.5. The Morgan fingerprint density at radius 2 is 2.25 bits per heavy atom. The van der Waals surface area contributed by atoms with Crippen molar-refractivity contribution >= 4 is 23.3 Å². The highest BCUT2D eigenvalue weighted by atomic mass is 35.5. The third-order valence-corrected chi connectivity index (χ3v) is 4.47. The van der Waals surface area contributed by atoms with Gasteiger partial charge in [0.15, 0.2) is 0 Å². The van der Waals surface area contributed by atoms with E-state index < -0.39 is 0 Å². The maximum absolute atomic E-state index is 12.3. The van der Waals surface area contributed by atoms with E-state index in [1.807, 2.05) is 0 Å². The molecule has 1 aliphatic carbocycles. The fourth-order valence-electron chi connectivity index (χ4n) is 2.98. The molecule has 6 heteroatoms. The molecule has 1 aromatic rings. The molecular formula is C14H21ClN4O. The molecule has 110 valence electrons. The predicted molar refractivity (Wildman–Crippen MR) is 80.5 cm³/mol. The number of hydrogen-bond acceptors (Lipinski definition) is 4. The van der Waals surface area contributed by atoms with Crippen LogP contribution >= 0.6 is 11.6 Å². The van der Waals surface area contributed by atoms with E-state index in [2.05, 4.69) is 29.6 Å². The molecule has 0 aromatic carbocycles. The number of carbonyl (C=O) groups excluding carboxylic acids is 1. The first-order chi connectivity index (χ1) is 9.55. The van der Waals surface area contributed by atoms with Crippen LogP contribution in [0.3, 0.4) is 0 Å². The van der Waals surface area contributed by atoms with Crippen molar-refractivity contribution in [3.8, 4) is 0 Å². The second-order valence-corrected chi connectivity index (χ2v) is 5.78. The SMILES string of the molecule is CCC1CCC(NC(=O)c2cc(Cl)nc(NN)c2)C1C. The number of hydrazine groups is 1. The lowest BCUT2D eigenvalue weighted by molar-refractivity contribution is 0.0926. The van der Waals surface area contributed by atoms with Crippen molar-refractivity contribution in [1.29, 1.82) is 0 Å². The molecule has 1 amide bonds. The Bertz CT molecular complexity index is 494. The average molecular weight is 297 g/mol. The van der Waals surface area contributed by atoms with Crippen LogP contribution in [0.5, 0.6) is 0 Å². The molecule has 3 atom stereocenters. The molecular weight excluding hydrogens is 276 g/mol. The van der Waals surface area contributed by atoms with Crippen LogP contribution in [-0.2, 0) is 0 Å². The minimum Gasteiger partial charge on any atom is -0.349 e. The Morgan fingerprint density at radius 1 is 1.50 bits per heavy atom. The van der Waals surface area contributed by atoms with Crippen LogP contribution in [0, 0.1) is 11.8 Å². The summed E-state index contributed by atoms with van der Waals surface area (Å²) in [7, 11) is 0. The van der Waals surface area contributed by atoms with Crippen LogP contribution in [0.4, 0.5) is 5.82 Å². The molecule has 5 nitrogen and oxygen atoms in total. The van der Waals surface area contributed by atoms with Gasteiger partial charge < -0.3 is 10.7 Å². The van der Waals surface area contributed by atoms with Crippen molar-refractivity contribution in [3.05, 3.63) is 22.8 Å². The highest BCUT2D eigenvalue weighted by Crippen LogP contribution is 2.34. The van der Waals surface area contributed by atoms with Gasteiger partial charge in [-0.05, 0) is 36.8 Å². The Balaban J connectivity index is 2.07. The molecule has 1 aromatic heterocycles. The summed E-state index contributed by atoms with van der Waals surface area (Å²) in [5.41, 5.74) is 2.88. The van der Waals surface area contributed by atoms with Crippen molar-refractivity contribution in [3.63, 3.8) is 0 Å². The first-order valence-corrected chi connectivity index (χ1v) is 7.38. The molecule has 0 saturated heterocycles. The van der Waals surface area contributed by atoms with Crippen LogP contribution in [-0.4, -0.2) is 16.9 Å². The van der Waals surface area contributed by atoms with Crippen molar-refractivity contribution in [1.82, 2.24) is 10.3 Å². The van der Waals surface area contributed by atoms with E-state index in [1.165, 1.54) is 6.42 Å². The largest absolute Gasteiger partial charge is 0.349 e. The number of amides is 1. The van der Waals surface area contributed by atoms with E-state index in [1.54, 1.807) is 12.1 Å². The standard InChI is InChI=1S/C14H21ClN4O/c1-3-9-4-5-11(8(9)2)17-14(20)10-6-12(15)18-13(7-10)19-16/h6-9,11H,3-5,16H2,1-2H3,(H,17,20)(H,18,19).